The highest BCUT2D eigenvalue weighted by Gasteiger charge is 2.43. The van der Waals surface area contributed by atoms with Crippen LogP contribution in [0, 0.1) is 23.7 Å². The zero-order valence-corrected chi connectivity index (χ0v) is 10.1. The van der Waals surface area contributed by atoms with E-state index in [4.69, 9.17) is 4.74 Å². The summed E-state index contributed by atoms with van der Waals surface area (Å²) in [5.74, 6) is 1.88. The minimum absolute atomic E-state index is 0.000604. The Hall–Kier alpha value is -0.860. The van der Waals surface area contributed by atoms with Crippen molar-refractivity contribution in [3.63, 3.8) is 0 Å². The van der Waals surface area contributed by atoms with Crippen molar-refractivity contribution in [3.8, 4) is 0 Å². The molecule has 2 rings (SSSR count). The maximum absolute atomic E-state index is 11.6. The van der Waals surface area contributed by atoms with Crippen molar-refractivity contribution < 1.29 is 14.3 Å². The van der Waals surface area contributed by atoms with Crippen molar-refractivity contribution in [2.45, 2.75) is 39.5 Å². The summed E-state index contributed by atoms with van der Waals surface area (Å²) in [6.45, 7) is 4.26. The highest BCUT2D eigenvalue weighted by Crippen LogP contribution is 2.47. The van der Waals surface area contributed by atoms with Crippen LogP contribution < -0.4 is 0 Å². The predicted molar refractivity (Wildman–Crippen MR) is 59.7 cm³/mol. The average Bonchev–Trinajstić information content (AvgIpc) is 2.73. The molecule has 2 fully saturated rings. The van der Waals surface area contributed by atoms with E-state index in [-0.39, 0.29) is 11.9 Å². The molecule has 0 aromatic rings. The van der Waals surface area contributed by atoms with Crippen molar-refractivity contribution in [1.29, 1.82) is 0 Å². The van der Waals surface area contributed by atoms with E-state index in [1.54, 1.807) is 0 Å². The molecule has 0 radical (unpaired) electrons. The maximum atomic E-state index is 11.6. The fraction of sp³-hybridized carbons (Fsp3) is 0.846. The molecule has 0 bridgehead atoms. The molecule has 0 saturated heterocycles. The van der Waals surface area contributed by atoms with E-state index in [0.29, 0.717) is 30.1 Å². The van der Waals surface area contributed by atoms with Gasteiger partial charge in [-0.15, -0.1) is 0 Å². The monoisotopic (exact) mass is 224 g/mol. The van der Waals surface area contributed by atoms with Crippen molar-refractivity contribution >= 4 is 11.8 Å². The molecule has 0 N–H and O–H groups in total. The SMILES string of the molecule is CCOC(=O)C(C)C1C[C@H]2CC(=O)C[C@H]2C1. The molecule has 0 aromatic heterocycles. The normalized spacial score (nSPS) is 34.9. The molecule has 2 saturated carbocycles. The molecular formula is C13H20O3. The first-order valence-electron chi connectivity index (χ1n) is 6.30. The smallest absolute Gasteiger partial charge is 0.308 e. The van der Waals surface area contributed by atoms with E-state index < -0.39 is 0 Å². The molecule has 4 atom stereocenters. The van der Waals surface area contributed by atoms with Gasteiger partial charge in [0.05, 0.1) is 12.5 Å². The predicted octanol–water partition coefficient (Wildman–Crippen LogP) is 2.19. The summed E-state index contributed by atoms with van der Waals surface area (Å²) < 4.78 is 5.05. The zero-order valence-electron chi connectivity index (χ0n) is 10.1. The Bertz CT molecular complexity index is 282. The maximum Gasteiger partial charge on any atom is 0.308 e. The van der Waals surface area contributed by atoms with E-state index in [1.165, 1.54) is 0 Å². The molecule has 90 valence electrons. The van der Waals surface area contributed by atoms with Crippen molar-refractivity contribution in [2.75, 3.05) is 6.61 Å². The molecule has 16 heavy (non-hydrogen) atoms. The lowest BCUT2D eigenvalue weighted by Gasteiger charge is -2.18. The van der Waals surface area contributed by atoms with E-state index in [0.717, 1.165) is 25.7 Å². The lowest BCUT2D eigenvalue weighted by Crippen LogP contribution is -2.22. The van der Waals surface area contributed by atoms with Gasteiger partial charge in [-0.3, -0.25) is 9.59 Å². The van der Waals surface area contributed by atoms with Crippen LogP contribution in [0.25, 0.3) is 0 Å². The third-order valence-corrected chi connectivity index (χ3v) is 4.22. The Kier molecular flexibility index (Phi) is 3.31. The standard InChI is InChI=1S/C13H20O3/c1-3-16-13(15)8(2)9-4-10-6-12(14)7-11(10)5-9/h8-11H,3-7H2,1-2H3/t8?,9?,10-,11+. The molecule has 2 unspecified atom stereocenters. The third kappa shape index (κ3) is 2.13. The number of ketones is 1. The van der Waals surface area contributed by atoms with E-state index >= 15 is 0 Å². The van der Waals surface area contributed by atoms with Gasteiger partial charge < -0.3 is 4.74 Å². The summed E-state index contributed by atoms with van der Waals surface area (Å²) >= 11 is 0. The average molecular weight is 224 g/mol. The number of esters is 1. The Balaban J connectivity index is 1.90. The fourth-order valence-electron chi connectivity index (χ4n) is 3.30. The van der Waals surface area contributed by atoms with Gasteiger partial charge in [-0.05, 0) is 37.5 Å². The van der Waals surface area contributed by atoms with Crippen LogP contribution >= 0.6 is 0 Å². The lowest BCUT2D eigenvalue weighted by molar-refractivity contribution is -0.149. The van der Waals surface area contributed by atoms with Crippen LogP contribution in [0.2, 0.25) is 0 Å². The number of carbonyl (C=O) groups is 2. The van der Waals surface area contributed by atoms with Crippen LogP contribution in [0.4, 0.5) is 0 Å². The van der Waals surface area contributed by atoms with Crippen molar-refractivity contribution in [2.24, 2.45) is 23.7 Å². The zero-order chi connectivity index (χ0) is 11.7. The van der Waals surface area contributed by atoms with Gasteiger partial charge in [0.1, 0.15) is 5.78 Å². The van der Waals surface area contributed by atoms with Crippen molar-refractivity contribution in [3.05, 3.63) is 0 Å². The number of fused-ring (bicyclic) bond motifs is 1. The van der Waals surface area contributed by atoms with E-state index in [9.17, 15) is 9.59 Å². The molecule has 3 nitrogen and oxygen atoms in total. The highest BCUT2D eigenvalue weighted by atomic mass is 16.5. The van der Waals surface area contributed by atoms with Gasteiger partial charge in [-0.2, -0.15) is 0 Å². The van der Waals surface area contributed by atoms with Crippen LogP contribution in [0.3, 0.4) is 0 Å². The molecule has 0 amide bonds. The number of ether oxygens (including phenoxy) is 1. The van der Waals surface area contributed by atoms with Crippen LogP contribution in [0.1, 0.15) is 39.5 Å². The van der Waals surface area contributed by atoms with Crippen LogP contribution in [0.15, 0.2) is 0 Å². The molecule has 2 aliphatic rings. The van der Waals surface area contributed by atoms with Gasteiger partial charge in [0, 0.05) is 12.8 Å². The number of rotatable bonds is 3. The van der Waals surface area contributed by atoms with Gasteiger partial charge in [-0.25, -0.2) is 0 Å². The first-order valence-corrected chi connectivity index (χ1v) is 6.30. The molecule has 0 aromatic carbocycles. The molecular weight excluding hydrogens is 204 g/mol. The Morgan fingerprint density at radius 3 is 2.44 bits per heavy atom. The molecule has 0 aliphatic heterocycles. The minimum atomic E-state index is -0.0706. The first kappa shape index (κ1) is 11.6. The summed E-state index contributed by atoms with van der Waals surface area (Å²) in [5.41, 5.74) is 0. The van der Waals surface area contributed by atoms with Gasteiger partial charge >= 0.3 is 5.97 Å². The number of carbonyl (C=O) groups excluding carboxylic acids is 2. The largest absolute Gasteiger partial charge is 0.466 e. The van der Waals surface area contributed by atoms with E-state index in [1.807, 2.05) is 13.8 Å². The third-order valence-electron chi connectivity index (χ3n) is 4.22. The molecule has 0 heterocycles. The summed E-state index contributed by atoms with van der Waals surface area (Å²) in [5, 5.41) is 0. The van der Waals surface area contributed by atoms with Crippen LogP contribution in [0.5, 0.6) is 0 Å². The fourth-order valence-corrected chi connectivity index (χ4v) is 3.30. The number of hydrogen-bond acceptors (Lipinski definition) is 3. The van der Waals surface area contributed by atoms with Crippen LogP contribution in [-0.2, 0) is 14.3 Å². The second kappa shape index (κ2) is 4.56. The summed E-state index contributed by atoms with van der Waals surface area (Å²) in [6.07, 6.45) is 3.57. The Morgan fingerprint density at radius 1 is 1.38 bits per heavy atom. The molecule has 3 heteroatoms. The van der Waals surface area contributed by atoms with Gasteiger partial charge in [-0.1, -0.05) is 6.92 Å². The molecule has 0 spiro atoms. The second-order valence-corrected chi connectivity index (χ2v) is 5.24. The van der Waals surface area contributed by atoms with Crippen LogP contribution in [-0.4, -0.2) is 18.4 Å². The quantitative estimate of drug-likeness (QED) is 0.690. The number of Topliss-reactive ketones (excluding diaryl/α,β-unsaturated/α-hetero) is 1. The van der Waals surface area contributed by atoms with E-state index in [2.05, 4.69) is 0 Å². The lowest BCUT2D eigenvalue weighted by atomic mass is 9.90. The highest BCUT2D eigenvalue weighted by molar-refractivity contribution is 5.81. The Morgan fingerprint density at radius 2 is 1.94 bits per heavy atom. The summed E-state index contributed by atoms with van der Waals surface area (Å²) in [7, 11) is 0. The summed E-state index contributed by atoms with van der Waals surface area (Å²) in [4.78, 5) is 22.9. The van der Waals surface area contributed by atoms with Gasteiger partial charge in [0.15, 0.2) is 0 Å². The van der Waals surface area contributed by atoms with Gasteiger partial charge in [0.25, 0.3) is 0 Å². The summed E-state index contributed by atoms with van der Waals surface area (Å²) in [6, 6.07) is 0. The Labute approximate surface area is 96.5 Å². The minimum Gasteiger partial charge on any atom is -0.466 e. The van der Waals surface area contributed by atoms with Gasteiger partial charge in [0.2, 0.25) is 0 Å². The second-order valence-electron chi connectivity index (χ2n) is 5.24. The first-order chi connectivity index (χ1) is 7.61. The topological polar surface area (TPSA) is 43.4 Å². The molecule has 2 aliphatic carbocycles. The van der Waals surface area contributed by atoms with Crippen molar-refractivity contribution in [1.82, 2.24) is 0 Å². The number of hydrogen-bond donors (Lipinski definition) is 0.